The second kappa shape index (κ2) is 10.8. The number of nitrogens with one attached hydrogen (secondary N) is 2. The molecule has 0 aromatic heterocycles. The van der Waals surface area contributed by atoms with Gasteiger partial charge in [0.15, 0.2) is 0 Å². The predicted molar refractivity (Wildman–Crippen MR) is 134 cm³/mol. The monoisotopic (exact) mass is 538 g/mol. The van der Waals surface area contributed by atoms with Crippen molar-refractivity contribution in [3.63, 3.8) is 0 Å². The van der Waals surface area contributed by atoms with Crippen molar-refractivity contribution in [3.05, 3.63) is 47.5 Å². The highest BCUT2D eigenvalue weighted by molar-refractivity contribution is 7.89. The molecule has 0 spiro atoms. The van der Waals surface area contributed by atoms with E-state index in [0.717, 1.165) is 0 Å². The van der Waals surface area contributed by atoms with Gasteiger partial charge in [-0.25, -0.2) is 21.6 Å². The molecule has 2 fully saturated rings. The summed E-state index contributed by atoms with van der Waals surface area (Å²) in [6.45, 7) is 5.78. The van der Waals surface area contributed by atoms with E-state index >= 15 is 0 Å². The number of carbonyl (C=O) groups is 1. The second-order valence-electron chi connectivity index (χ2n) is 8.57. The van der Waals surface area contributed by atoms with E-state index < -0.39 is 26.1 Å². The topological polar surface area (TPSA) is 134 Å². The average Bonchev–Trinajstić information content (AvgIpc) is 2.87. The van der Waals surface area contributed by atoms with Gasteiger partial charge >= 0.3 is 6.03 Å². The number of aryl methyl sites for hydroxylation is 2. The lowest BCUT2D eigenvalue weighted by atomic mass is 10.2. The van der Waals surface area contributed by atoms with Crippen LogP contribution in [0.3, 0.4) is 0 Å². The van der Waals surface area contributed by atoms with Crippen molar-refractivity contribution in [1.82, 2.24) is 8.61 Å². The summed E-state index contributed by atoms with van der Waals surface area (Å²) in [6, 6.07) is 8.68. The van der Waals surface area contributed by atoms with Crippen molar-refractivity contribution in [1.29, 1.82) is 0 Å². The molecule has 0 saturated carbocycles. The molecule has 196 valence electrons. The Morgan fingerprint density at radius 3 is 1.42 bits per heavy atom. The SMILES string of the molecule is Cc1ccc(NC(=O)Nc2ccc(C)c(S(=O)(=O)N3CCOCC3)c2)cc1S(=O)(=O)N1CCOCC1. The molecule has 0 aliphatic carbocycles. The maximum atomic E-state index is 13.1. The first kappa shape index (κ1) is 26.5. The molecule has 0 radical (unpaired) electrons. The number of hydrogen-bond acceptors (Lipinski definition) is 7. The highest BCUT2D eigenvalue weighted by Crippen LogP contribution is 2.26. The smallest absolute Gasteiger partial charge is 0.323 e. The molecule has 11 nitrogen and oxygen atoms in total. The summed E-state index contributed by atoms with van der Waals surface area (Å²) in [5, 5.41) is 5.27. The third-order valence-corrected chi connectivity index (χ3v) is 10.1. The van der Waals surface area contributed by atoms with Gasteiger partial charge in [0.2, 0.25) is 20.0 Å². The Bertz CT molecular complexity index is 1230. The van der Waals surface area contributed by atoms with Gasteiger partial charge in [0.05, 0.1) is 36.2 Å². The second-order valence-corrected chi connectivity index (χ2v) is 12.4. The van der Waals surface area contributed by atoms with Crippen LogP contribution < -0.4 is 10.6 Å². The number of rotatable bonds is 6. The van der Waals surface area contributed by atoms with E-state index in [4.69, 9.17) is 9.47 Å². The first-order valence-corrected chi connectivity index (χ1v) is 14.4. The third-order valence-electron chi connectivity index (χ3n) is 6.07. The van der Waals surface area contributed by atoms with Crippen LogP contribution in [0.1, 0.15) is 11.1 Å². The Hall–Kier alpha value is -2.55. The molecule has 4 rings (SSSR count). The van der Waals surface area contributed by atoms with Gasteiger partial charge in [-0.1, -0.05) is 12.1 Å². The maximum absolute atomic E-state index is 13.1. The Morgan fingerprint density at radius 2 is 1.06 bits per heavy atom. The van der Waals surface area contributed by atoms with Crippen LogP contribution in [0.5, 0.6) is 0 Å². The molecule has 13 heteroatoms. The van der Waals surface area contributed by atoms with Crippen molar-refractivity contribution in [2.45, 2.75) is 23.6 Å². The van der Waals surface area contributed by atoms with Crippen molar-refractivity contribution in [2.24, 2.45) is 0 Å². The zero-order chi connectivity index (χ0) is 25.9. The van der Waals surface area contributed by atoms with E-state index in [0.29, 0.717) is 48.9 Å². The van der Waals surface area contributed by atoms with E-state index in [1.807, 2.05) is 0 Å². The minimum absolute atomic E-state index is 0.108. The molecule has 36 heavy (non-hydrogen) atoms. The number of anilines is 2. The number of carbonyl (C=O) groups excluding carboxylic acids is 1. The first-order chi connectivity index (χ1) is 17.1. The number of morpholine rings is 2. The Morgan fingerprint density at radius 1 is 0.694 bits per heavy atom. The molecular weight excluding hydrogens is 508 g/mol. The van der Waals surface area contributed by atoms with E-state index in [1.165, 1.54) is 20.7 Å². The molecule has 2 aromatic carbocycles. The van der Waals surface area contributed by atoms with Crippen molar-refractivity contribution in [3.8, 4) is 0 Å². The van der Waals surface area contributed by atoms with Crippen LogP contribution in [-0.2, 0) is 29.5 Å². The summed E-state index contributed by atoms with van der Waals surface area (Å²) >= 11 is 0. The van der Waals surface area contributed by atoms with Crippen LogP contribution in [0.15, 0.2) is 46.2 Å². The molecule has 0 bridgehead atoms. The summed E-state index contributed by atoms with van der Waals surface area (Å²) < 4.78 is 65.6. The molecule has 2 aliphatic rings. The fourth-order valence-corrected chi connectivity index (χ4v) is 7.37. The van der Waals surface area contributed by atoms with Crippen LogP contribution in [-0.4, -0.2) is 84.1 Å². The van der Waals surface area contributed by atoms with Gasteiger partial charge in [-0.05, 0) is 49.2 Å². The predicted octanol–water partition coefficient (Wildman–Crippen LogP) is 1.99. The van der Waals surface area contributed by atoms with E-state index in [2.05, 4.69) is 10.6 Å². The first-order valence-electron chi connectivity index (χ1n) is 11.5. The summed E-state index contributed by atoms with van der Waals surface area (Å²) in [4.78, 5) is 12.9. The van der Waals surface area contributed by atoms with E-state index in [1.54, 1.807) is 38.1 Å². The number of ether oxygens (including phenoxy) is 2. The van der Waals surface area contributed by atoms with Gasteiger partial charge in [-0.2, -0.15) is 8.61 Å². The zero-order valence-electron chi connectivity index (χ0n) is 20.2. The number of sulfonamides is 2. The minimum atomic E-state index is -3.75. The molecular formula is C23H30N4O7S2. The quantitative estimate of drug-likeness (QED) is 0.574. The Labute approximate surface area is 211 Å². The zero-order valence-corrected chi connectivity index (χ0v) is 21.8. The normalized spacial score (nSPS) is 18.1. The maximum Gasteiger partial charge on any atom is 0.323 e. The fraction of sp³-hybridized carbons (Fsp3) is 0.435. The van der Waals surface area contributed by atoms with Crippen molar-refractivity contribution < 1.29 is 31.1 Å². The number of nitrogens with zero attached hydrogens (tertiary/aromatic N) is 2. The average molecular weight is 539 g/mol. The minimum Gasteiger partial charge on any atom is -0.379 e. The molecule has 2 aliphatic heterocycles. The highest BCUT2D eigenvalue weighted by atomic mass is 32.2. The number of benzene rings is 2. The summed E-state index contributed by atoms with van der Waals surface area (Å²) in [5.41, 5.74) is 1.70. The lowest BCUT2D eigenvalue weighted by Gasteiger charge is -2.27. The largest absolute Gasteiger partial charge is 0.379 e. The molecule has 2 saturated heterocycles. The standard InChI is InChI=1S/C23H30N4O7S2/c1-17-3-5-19(15-21(17)35(29,30)26-7-11-33-12-8-26)24-23(28)25-20-6-4-18(2)22(16-20)36(31,32)27-9-13-34-14-10-27/h3-6,15-16H,7-14H2,1-2H3,(H2,24,25,28). The molecule has 2 aromatic rings. The van der Waals surface area contributed by atoms with Gasteiger partial charge in [0.1, 0.15) is 0 Å². The molecule has 2 heterocycles. The highest BCUT2D eigenvalue weighted by Gasteiger charge is 2.29. The van der Waals surface area contributed by atoms with Crippen LogP contribution >= 0.6 is 0 Å². The van der Waals surface area contributed by atoms with Crippen LogP contribution in [0.4, 0.5) is 16.2 Å². The number of hydrogen-bond donors (Lipinski definition) is 2. The third kappa shape index (κ3) is 5.71. The van der Waals surface area contributed by atoms with Gasteiger partial charge < -0.3 is 20.1 Å². The molecule has 2 N–H and O–H groups in total. The summed E-state index contributed by atoms with van der Waals surface area (Å²) in [6.07, 6.45) is 0. The van der Waals surface area contributed by atoms with Crippen molar-refractivity contribution in [2.75, 3.05) is 63.2 Å². The lowest BCUT2D eigenvalue weighted by molar-refractivity contribution is 0.0730. The number of amides is 2. The fourth-order valence-electron chi connectivity index (χ4n) is 4.06. The Kier molecular flexibility index (Phi) is 7.97. The number of urea groups is 1. The van der Waals surface area contributed by atoms with Gasteiger partial charge in [0, 0.05) is 37.6 Å². The molecule has 2 amide bonds. The molecule has 0 atom stereocenters. The van der Waals surface area contributed by atoms with Crippen LogP contribution in [0.2, 0.25) is 0 Å². The molecule has 0 unspecified atom stereocenters. The van der Waals surface area contributed by atoms with Crippen LogP contribution in [0, 0.1) is 13.8 Å². The van der Waals surface area contributed by atoms with Gasteiger partial charge in [-0.15, -0.1) is 0 Å². The van der Waals surface area contributed by atoms with Crippen molar-refractivity contribution >= 4 is 37.5 Å². The lowest BCUT2D eigenvalue weighted by Crippen LogP contribution is -2.40. The van der Waals surface area contributed by atoms with Crippen LogP contribution in [0.25, 0.3) is 0 Å². The van der Waals surface area contributed by atoms with E-state index in [9.17, 15) is 21.6 Å². The van der Waals surface area contributed by atoms with E-state index in [-0.39, 0.29) is 36.0 Å². The summed E-state index contributed by atoms with van der Waals surface area (Å²) in [5.74, 6) is 0. The summed E-state index contributed by atoms with van der Waals surface area (Å²) in [7, 11) is -7.49. The van der Waals surface area contributed by atoms with Gasteiger partial charge in [-0.3, -0.25) is 0 Å². The Balaban J connectivity index is 1.50. The van der Waals surface area contributed by atoms with Gasteiger partial charge in [0.25, 0.3) is 0 Å².